The number of amides is 1. The van der Waals surface area contributed by atoms with Crippen LogP contribution >= 0.6 is 0 Å². The van der Waals surface area contributed by atoms with Crippen molar-refractivity contribution in [3.8, 4) is 0 Å². The van der Waals surface area contributed by atoms with Crippen LogP contribution in [0.3, 0.4) is 0 Å². The monoisotopic (exact) mass is 316 g/mol. The van der Waals surface area contributed by atoms with Gasteiger partial charge in [-0.25, -0.2) is 9.97 Å². The Kier molecular flexibility index (Phi) is 3.75. The van der Waals surface area contributed by atoms with Crippen molar-refractivity contribution in [1.29, 1.82) is 0 Å². The van der Waals surface area contributed by atoms with Crippen LogP contribution in [0.4, 0.5) is 5.95 Å². The summed E-state index contributed by atoms with van der Waals surface area (Å²) in [4.78, 5) is 27.0. The first-order valence-corrected chi connectivity index (χ1v) is 7.54. The van der Waals surface area contributed by atoms with E-state index in [-0.39, 0.29) is 5.91 Å². The summed E-state index contributed by atoms with van der Waals surface area (Å²) < 4.78 is 5.10. The SMILES string of the molecule is CC(=O)N[C@]1(c2noc(C)n2)CCN(c2ncc(C)c(C)n2)C1. The van der Waals surface area contributed by atoms with E-state index in [0.717, 1.165) is 11.3 Å². The third-order valence-corrected chi connectivity index (χ3v) is 4.14. The first-order valence-electron chi connectivity index (χ1n) is 7.54. The second-order valence-corrected chi connectivity index (χ2v) is 6.01. The lowest BCUT2D eigenvalue weighted by atomic mass is 9.97. The van der Waals surface area contributed by atoms with Gasteiger partial charge >= 0.3 is 0 Å². The van der Waals surface area contributed by atoms with Crippen molar-refractivity contribution in [2.24, 2.45) is 0 Å². The van der Waals surface area contributed by atoms with Crippen LogP contribution in [-0.4, -0.2) is 39.1 Å². The summed E-state index contributed by atoms with van der Waals surface area (Å²) in [6.45, 7) is 8.37. The lowest BCUT2D eigenvalue weighted by Crippen LogP contribution is -2.48. The van der Waals surface area contributed by atoms with Gasteiger partial charge in [0.25, 0.3) is 0 Å². The second kappa shape index (κ2) is 5.60. The van der Waals surface area contributed by atoms with Gasteiger partial charge < -0.3 is 14.7 Å². The molecule has 8 heteroatoms. The van der Waals surface area contributed by atoms with Crippen LogP contribution in [-0.2, 0) is 10.3 Å². The van der Waals surface area contributed by atoms with Crippen LogP contribution in [0.1, 0.15) is 36.3 Å². The van der Waals surface area contributed by atoms with Gasteiger partial charge in [-0.15, -0.1) is 0 Å². The number of anilines is 1. The molecule has 1 aliphatic heterocycles. The highest BCUT2D eigenvalue weighted by molar-refractivity contribution is 5.74. The normalized spacial score (nSPS) is 20.8. The maximum absolute atomic E-state index is 11.7. The average molecular weight is 316 g/mol. The van der Waals surface area contributed by atoms with Crippen molar-refractivity contribution in [2.75, 3.05) is 18.0 Å². The van der Waals surface area contributed by atoms with E-state index in [1.165, 1.54) is 6.92 Å². The molecule has 1 N–H and O–H groups in total. The van der Waals surface area contributed by atoms with Gasteiger partial charge in [-0.1, -0.05) is 5.16 Å². The van der Waals surface area contributed by atoms with Crippen LogP contribution in [0.15, 0.2) is 10.7 Å². The van der Waals surface area contributed by atoms with E-state index < -0.39 is 5.54 Å². The van der Waals surface area contributed by atoms with Crippen molar-refractivity contribution in [3.05, 3.63) is 29.2 Å². The van der Waals surface area contributed by atoms with E-state index in [1.807, 2.05) is 24.9 Å². The largest absolute Gasteiger partial charge is 0.342 e. The van der Waals surface area contributed by atoms with Crippen LogP contribution in [0.2, 0.25) is 0 Å². The Morgan fingerprint density at radius 1 is 1.35 bits per heavy atom. The Morgan fingerprint density at radius 3 is 2.74 bits per heavy atom. The molecule has 0 saturated carbocycles. The molecular weight excluding hydrogens is 296 g/mol. The smallest absolute Gasteiger partial charge is 0.225 e. The molecule has 1 amide bonds. The Hall–Kier alpha value is -2.51. The first-order chi connectivity index (χ1) is 10.9. The van der Waals surface area contributed by atoms with Crippen LogP contribution in [0.25, 0.3) is 0 Å². The number of hydrogen-bond donors (Lipinski definition) is 1. The zero-order valence-electron chi connectivity index (χ0n) is 13.8. The molecule has 0 spiro atoms. The van der Waals surface area contributed by atoms with E-state index in [4.69, 9.17) is 4.52 Å². The Morgan fingerprint density at radius 2 is 2.13 bits per heavy atom. The molecule has 1 saturated heterocycles. The highest BCUT2D eigenvalue weighted by atomic mass is 16.5. The van der Waals surface area contributed by atoms with E-state index in [9.17, 15) is 4.79 Å². The van der Waals surface area contributed by atoms with E-state index >= 15 is 0 Å². The lowest BCUT2D eigenvalue weighted by molar-refractivity contribution is -0.120. The van der Waals surface area contributed by atoms with Gasteiger partial charge in [0, 0.05) is 32.3 Å². The maximum atomic E-state index is 11.7. The Labute approximate surface area is 134 Å². The molecule has 1 aliphatic rings. The quantitative estimate of drug-likeness (QED) is 0.903. The highest BCUT2D eigenvalue weighted by Gasteiger charge is 2.45. The molecule has 23 heavy (non-hydrogen) atoms. The number of nitrogens with one attached hydrogen (secondary N) is 1. The molecule has 0 aliphatic carbocycles. The number of nitrogens with zero attached hydrogens (tertiary/aromatic N) is 5. The first kappa shape index (κ1) is 15.4. The topological polar surface area (TPSA) is 97.0 Å². The van der Waals surface area contributed by atoms with Crippen LogP contribution in [0, 0.1) is 20.8 Å². The fourth-order valence-corrected chi connectivity index (χ4v) is 2.82. The van der Waals surface area contributed by atoms with Gasteiger partial charge in [0.05, 0.1) is 6.54 Å². The Balaban J connectivity index is 1.91. The number of carbonyl (C=O) groups is 1. The zero-order valence-corrected chi connectivity index (χ0v) is 13.8. The molecule has 2 aromatic rings. The molecule has 3 rings (SSSR count). The zero-order chi connectivity index (χ0) is 16.6. The molecule has 0 aromatic carbocycles. The minimum Gasteiger partial charge on any atom is -0.342 e. The second-order valence-electron chi connectivity index (χ2n) is 6.01. The molecule has 8 nitrogen and oxygen atoms in total. The van der Waals surface area contributed by atoms with Crippen molar-refractivity contribution >= 4 is 11.9 Å². The lowest BCUT2D eigenvalue weighted by Gasteiger charge is -2.26. The van der Waals surface area contributed by atoms with Crippen molar-refractivity contribution in [2.45, 2.75) is 39.7 Å². The van der Waals surface area contributed by atoms with Crippen molar-refractivity contribution < 1.29 is 9.32 Å². The fourth-order valence-electron chi connectivity index (χ4n) is 2.82. The van der Waals surface area contributed by atoms with E-state index in [2.05, 4.69) is 25.4 Å². The minimum atomic E-state index is -0.675. The summed E-state index contributed by atoms with van der Waals surface area (Å²) in [5.74, 6) is 1.50. The predicted octanol–water partition coefficient (Wildman–Crippen LogP) is 1.03. The fraction of sp³-hybridized carbons (Fsp3) is 0.533. The van der Waals surface area contributed by atoms with Crippen LogP contribution < -0.4 is 10.2 Å². The maximum Gasteiger partial charge on any atom is 0.225 e. The van der Waals surface area contributed by atoms with E-state index in [1.54, 1.807) is 6.92 Å². The molecule has 1 fully saturated rings. The standard InChI is InChI=1S/C15H20N6O2/c1-9-7-16-14(17-10(9)2)21-6-5-15(8-21,19-11(3)22)13-18-12(4)23-20-13/h7H,5-6,8H2,1-4H3,(H,19,22)/t15-/m1/s1. The van der Waals surface area contributed by atoms with Gasteiger partial charge in [-0.05, 0) is 25.8 Å². The third-order valence-electron chi connectivity index (χ3n) is 4.14. The number of aromatic nitrogens is 4. The van der Waals surface area contributed by atoms with Gasteiger partial charge in [0.2, 0.25) is 17.7 Å². The number of hydrogen-bond acceptors (Lipinski definition) is 7. The Bertz CT molecular complexity index is 743. The number of carbonyl (C=O) groups excluding carboxylic acids is 1. The summed E-state index contributed by atoms with van der Waals surface area (Å²) in [6, 6.07) is 0. The molecule has 0 radical (unpaired) electrons. The van der Waals surface area contributed by atoms with E-state index in [0.29, 0.717) is 37.2 Å². The predicted molar refractivity (Wildman–Crippen MR) is 82.9 cm³/mol. The van der Waals surface area contributed by atoms with Gasteiger partial charge in [0.15, 0.2) is 5.82 Å². The molecular formula is C15H20N6O2. The number of rotatable bonds is 3. The van der Waals surface area contributed by atoms with Crippen molar-refractivity contribution in [3.63, 3.8) is 0 Å². The minimum absolute atomic E-state index is 0.129. The molecule has 1 atom stereocenters. The molecule has 2 aromatic heterocycles. The number of aryl methyl sites for hydroxylation is 3. The third kappa shape index (κ3) is 2.88. The van der Waals surface area contributed by atoms with Gasteiger partial charge in [0.1, 0.15) is 5.54 Å². The molecule has 3 heterocycles. The summed E-state index contributed by atoms with van der Waals surface area (Å²) in [5, 5.41) is 7.00. The van der Waals surface area contributed by atoms with Gasteiger partial charge in [-0.3, -0.25) is 4.79 Å². The summed E-state index contributed by atoms with van der Waals surface area (Å²) in [6.07, 6.45) is 2.48. The summed E-state index contributed by atoms with van der Waals surface area (Å²) >= 11 is 0. The summed E-state index contributed by atoms with van der Waals surface area (Å²) in [7, 11) is 0. The molecule has 0 bridgehead atoms. The highest BCUT2D eigenvalue weighted by Crippen LogP contribution is 2.32. The van der Waals surface area contributed by atoms with Crippen LogP contribution in [0.5, 0.6) is 0 Å². The van der Waals surface area contributed by atoms with Gasteiger partial charge in [-0.2, -0.15) is 4.98 Å². The molecule has 122 valence electrons. The molecule has 0 unspecified atom stereocenters. The van der Waals surface area contributed by atoms with Crippen molar-refractivity contribution in [1.82, 2.24) is 25.4 Å². The average Bonchev–Trinajstić information content (AvgIpc) is 3.09. The summed E-state index contributed by atoms with van der Waals surface area (Å²) in [5.41, 5.74) is 1.32.